The lowest BCUT2D eigenvalue weighted by molar-refractivity contribution is 0.115. The lowest BCUT2D eigenvalue weighted by Crippen LogP contribution is -2.23. The predicted molar refractivity (Wildman–Crippen MR) is 69.6 cm³/mol. The minimum atomic E-state index is 0.0734. The molecule has 0 amide bonds. The van der Waals surface area contributed by atoms with Crippen LogP contribution in [0.15, 0.2) is 30.3 Å². The van der Waals surface area contributed by atoms with Gasteiger partial charge in [0.25, 0.3) is 0 Å². The van der Waals surface area contributed by atoms with Crippen LogP contribution in [0.2, 0.25) is 0 Å². The highest BCUT2D eigenvalue weighted by atomic mass is 16.3. The molecule has 0 aromatic heterocycles. The molecule has 0 saturated heterocycles. The zero-order chi connectivity index (χ0) is 12.0. The molecule has 0 aliphatic carbocycles. The highest BCUT2D eigenvalue weighted by Crippen LogP contribution is 2.34. The fourth-order valence-corrected chi connectivity index (χ4v) is 2.49. The van der Waals surface area contributed by atoms with Crippen molar-refractivity contribution >= 4 is 0 Å². The maximum atomic E-state index is 9.51. The minimum Gasteiger partial charge on any atom is -0.396 e. The summed E-state index contributed by atoms with van der Waals surface area (Å²) in [6, 6.07) is 10.6. The molecule has 0 fully saturated rings. The van der Waals surface area contributed by atoms with Gasteiger partial charge < -0.3 is 5.11 Å². The van der Waals surface area contributed by atoms with Gasteiger partial charge in [0, 0.05) is 6.61 Å². The van der Waals surface area contributed by atoms with Gasteiger partial charge in [-0.25, -0.2) is 0 Å². The van der Waals surface area contributed by atoms with E-state index in [9.17, 15) is 5.11 Å². The number of aliphatic hydroxyl groups is 1. The van der Waals surface area contributed by atoms with E-state index in [1.54, 1.807) is 0 Å². The highest BCUT2D eigenvalue weighted by Gasteiger charge is 2.25. The van der Waals surface area contributed by atoms with Crippen molar-refractivity contribution < 1.29 is 5.11 Å². The molecule has 90 valence electrons. The van der Waals surface area contributed by atoms with Gasteiger partial charge in [-0.1, -0.05) is 57.5 Å². The van der Waals surface area contributed by atoms with Crippen molar-refractivity contribution in [1.82, 2.24) is 0 Å². The van der Waals surface area contributed by atoms with Gasteiger partial charge in [0.05, 0.1) is 0 Å². The van der Waals surface area contributed by atoms with Crippen LogP contribution in [0.5, 0.6) is 0 Å². The second-order valence-electron chi connectivity index (χ2n) is 5.23. The third-order valence-electron chi connectivity index (χ3n) is 3.40. The topological polar surface area (TPSA) is 20.2 Å². The van der Waals surface area contributed by atoms with E-state index in [1.165, 1.54) is 5.56 Å². The molecule has 2 unspecified atom stereocenters. The van der Waals surface area contributed by atoms with Gasteiger partial charge in [-0.15, -0.1) is 0 Å². The fraction of sp³-hybridized carbons (Fsp3) is 0.600. The normalized spacial score (nSPS) is 16.8. The maximum Gasteiger partial charge on any atom is 0.0484 e. The van der Waals surface area contributed by atoms with Gasteiger partial charge in [-0.05, 0) is 29.7 Å². The van der Waals surface area contributed by atoms with Crippen molar-refractivity contribution in [2.75, 3.05) is 6.61 Å². The van der Waals surface area contributed by atoms with Gasteiger partial charge in [0.15, 0.2) is 0 Å². The molecule has 0 aliphatic rings. The predicted octanol–water partition coefficient (Wildman–Crippen LogP) is 3.98. The Labute approximate surface area is 99.5 Å². The molecule has 1 rings (SSSR count). The molecule has 1 heteroatoms. The molecule has 1 N–H and O–H groups in total. The van der Waals surface area contributed by atoms with Crippen LogP contribution in [0.3, 0.4) is 0 Å². The third-order valence-corrected chi connectivity index (χ3v) is 3.40. The highest BCUT2D eigenvalue weighted by molar-refractivity contribution is 5.19. The Bertz CT molecular complexity index is 294. The van der Waals surface area contributed by atoms with Crippen molar-refractivity contribution in [3.8, 4) is 0 Å². The monoisotopic (exact) mass is 220 g/mol. The molecule has 0 heterocycles. The van der Waals surface area contributed by atoms with Crippen molar-refractivity contribution in [2.24, 2.45) is 5.41 Å². The van der Waals surface area contributed by atoms with Crippen molar-refractivity contribution in [3.05, 3.63) is 35.9 Å². The quantitative estimate of drug-likeness (QED) is 0.769. The first-order chi connectivity index (χ1) is 7.61. The smallest absolute Gasteiger partial charge is 0.0484 e. The fourth-order valence-electron chi connectivity index (χ4n) is 2.49. The first kappa shape index (κ1) is 13.2. The summed E-state index contributed by atoms with van der Waals surface area (Å²) >= 11 is 0. The summed E-state index contributed by atoms with van der Waals surface area (Å²) in [6.45, 7) is 6.91. The van der Waals surface area contributed by atoms with E-state index >= 15 is 0 Å². The second-order valence-corrected chi connectivity index (χ2v) is 5.23. The molecule has 0 bridgehead atoms. The molecule has 0 aliphatic heterocycles. The first-order valence-electron chi connectivity index (χ1n) is 6.27. The molecule has 2 atom stereocenters. The summed E-state index contributed by atoms with van der Waals surface area (Å²) in [6.07, 6.45) is 3.29. The maximum absolute atomic E-state index is 9.51. The Morgan fingerprint density at radius 3 is 2.38 bits per heavy atom. The van der Waals surface area contributed by atoms with Crippen molar-refractivity contribution in [1.29, 1.82) is 0 Å². The lowest BCUT2D eigenvalue weighted by Gasteiger charge is -2.30. The van der Waals surface area contributed by atoms with E-state index in [4.69, 9.17) is 0 Å². The number of hydrogen-bond donors (Lipinski definition) is 1. The standard InChI is InChI=1S/C15H24O/c1-4-10-15(3,12-16)11-13(2)14-8-6-5-7-9-14/h5-9,13,16H,4,10-12H2,1-3H3. The van der Waals surface area contributed by atoms with Crippen LogP contribution in [0.25, 0.3) is 0 Å². The van der Waals surface area contributed by atoms with Crippen molar-refractivity contribution in [2.45, 2.75) is 46.0 Å². The summed E-state index contributed by atoms with van der Waals surface area (Å²) in [5.74, 6) is 0.518. The van der Waals surface area contributed by atoms with E-state index in [0.717, 1.165) is 19.3 Å². The molecular formula is C15H24O. The molecule has 0 radical (unpaired) electrons. The molecular weight excluding hydrogens is 196 g/mol. The van der Waals surface area contributed by atoms with E-state index in [0.29, 0.717) is 5.92 Å². The van der Waals surface area contributed by atoms with Gasteiger partial charge in [0.2, 0.25) is 0 Å². The largest absolute Gasteiger partial charge is 0.396 e. The first-order valence-corrected chi connectivity index (χ1v) is 6.27. The molecule has 0 spiro atoms. The summed E-state index contributed by atoms with van der Waals surface area (Å²) in [7, 11) is 0. The Kier molecular flexibility index (Phi) is 5.01. The summed E-state index contributed by atoms with van der Waals surface area (Å²) in [4.78, 5) is 0. The third kappa shape index (κ3) is 3.64. The minimum absolute atomic E-state index is 0.0734. The average Bonchev–Trinajstić information content (AvgIpc) is 2.30. The molecule has 16 heavy (non-hydrogen) atoms. The molecule has 1 aromatic rings. The number of hydrogen-bond acceptors (Lipinski definition) is 1. The van der Waals surface area contributed by atoms with E-state index in [1.807, 2.05) is 6.07 Å². The Balaban J connectivity index is 2.65. The van der Waals surface area contributed by atoms with Gasteiger partial charge >= 0.3 is 0 Å². The van der Waals surface area contributed by atoms with Gasteiger partial charge in [-0.2, -0.15) is 0 Å². The van der Waals surface area contributed by atoms with Crippen LogP contribution in [0.4, 0.5) is 0 Å². The molecule has 0 saturated carbocycles. The van der Waals surface area contributed by atoms with E-state index in [2.05, 4.69) is 45.0 Å². The zero-order valence-electron chi connectivity index (χ0n) is 10.7. The van der Waals surface area contributed by atoms with E-state index in [-0.39, 0.29) is 12.0 Å². The molecule has 1 nitrogen and oxygen atoms in total. The zero-order valence-corrected chi connectivity index (χ0v) is 10.7. The van der Waals surface area contributed by atoms with E-state index < -0.39 is 0 Å². The Morgan fingerprint density at radius 2 is 1.88 bits per heavy atom. The summed E-state index contributed by atoms with van der Waals surface area (Å²) < 4.78 is 0. The SMILES string of the molecule is CCCC(C)(CO)CC(C)c1ccccc1. The average molecular weight is 220 g/mol. The van der Waals surface area contributed by atoms with Crippen LogP contribution in [0.1, 0.15) is 51.5 Å². The molecule has 1 aromatic carbocycles. The summed E-state index contributed by atoms with van der Waals surface area (Å²) in [5.41, 5.74) is 1.45. The van der Waals surface area contributed by atoms with Crippen LogP contribution in [0, 0.1) is 5.41 Å². The summed E-state index contributed by atoms with van der Waals surface area (Å²) in [5, 5.41) is 9.51. The van der Waals surface area contributed by atoms with Crippen LogP contribution in [-0.2, 0) is 0 Å². The number of rotatable bonds is 6. The number of benzene rings is 1. The van der Waals surface area contributed by atoms with Crippen molar-refractivity contribution in [3.63, 3.8) is 0 Å². The number of aliphatic hydroxyl groups excluding tert-OH is 1. The second kappa shape index (κ2) is 6.05. The lowest BCUT2D eigenvalue weighted by atomic mass is 9.77. The van der Waals surface area contributed by atoms with Gasteiger partial charge in [0.1, 0.15) is 0 Å². The Hall–Kier alpha value is -0.820. The van der Waals surface area contributed by atoms with Crippen LogP contribution >= 0.6 is 0 Å². The van der Waals surface area contributed by atoms with Crippen LogP contribution in [-0.4, -0.2) is 11.7 Å². The Morgan fingerprint density at radius 1 is 1.25 bits per heavy atom. The van der Waals surface area contributed by atoms with Crippen LogP contribution < -0.4 is 0 Å². The van der Waals surface area contributed by atoms with Gasteiger partial charge in [-0.3, -0.25) is 0 Å².